The summed E-state index contributed by atoms with van der Waals surface area (Å²) in [7, 11) is 1.36. The van der Waals surface area contributed by atoms with Gasteiger partial charge in [0.15, 0.2) is 0 Å². The first-order valence-electron chi connectivity index (χ1n) is 7.17. The highest BCUT2D eigenvalue weighted by molar-refractivity contribution is 5.78. The van der Waals surface area contributed by atoms with Crippen LogP contribution in [0.15, 0.2) is 0 Å². The maximum absolute atomic E-state index is 13.0. The van der Waals surface area contributed by atoms with Crippen LogP contribution in [0.4, 0.5) is 8.78 Å². The van der Waals surface area contributed by atoms with E-state index in [1.165, 1.54) is 7.11 Å². The number of alkyl halides is 2. The van der Waals surface area contributed by atoms with Crippen molar-refractivity contribution in [2.75, 3.05) is 13.7 Å². The van der Waals surface area contributed by atoms with Gasteiger partial charge in [-0.1, -0.05) is 6.42 Å². The second-order valence-corrected chi connectivity index (χ2v) is 5.31. The van der Waals surface area contributed by atoms with Crippen molar-refractivity contribution in [1.29, 1.82) is 0 Å². The second kappa shape index (κ2) is 8.17. The molecule has 1 aliphatic rings. The summed E-state index contributed by atoms with van der Waals surface area (Å²) in [5, 5.41) is 2.78. The first-order chi connectivity index (χ1) is 9.44. The van der Waals surface area contributed by atoms with Gasteiger partial charge in [0.05, 0.1) is 7.11 Å². The number of hydrogen-bond donors (Lipinski definition) is 1. The molecular formula is C14H23F2NO3. The van der Waals surface area contributed by atoms with Gasteiger partial charge in [-0.3, -0.25) is 9.59 Å². The highest BCUT2D eigenvalue weighted by atomic mass is 19.3. The zero-order valence-corrected chi connectivity index (χ0v) is 11.9. The molecule has 0 saturated heterocycles. The van der Waals surface area contributed by atoms with Crippen molar-refractivity contribution in [3.05, 3.63) is 0 Å². The molecule has 20 heavy (non-hydrogen) atoms. The first-order valence-corrected chi connectivity index (χ1v) is 7.17. The van der Waals surface area contributed by atoms with E-state index in [4.69, 9.17) is 0 Å². The van der Waals surface area contributed by atoms with Gasteiger partial charge in [0, 0.05) is 31.7 Å². The quantitative estimate of drug-likeness (QED) is 0.579. The second-order valence-electron chi connectivity index (χ2n) is 5.31. The van der Waals surface area contributed by atoms with Gasteiger partial charge in [0.25, 0.3) is 0 Å². The summed E-state index contributed by atoms with van der Waals surface area (Å²) in [5.74, 6) is -3.21. The Morgan fingerprint density at radius 3 is 2.45 bits per heavy atom. The predicted molar refractivity (Wildman–Crippen MR) is 70.4 cm³/mol. The Morgan fingerprint density at radius 2 is 1.85 bits per heavy atom. The molecular weight excluding hydrogens is 268 g/mol. The van der Waals surface area contributed by atoms with Crippen molar-refractivity contribution in [1.82, 2.24) is 5.32 Å². The number of nitrogens with one attached hydrogen (secondary N) is 1. The number of ether oxygens (including phenoxy) is 1. The van der Waals surface area contributed by atoms with E-state index in [9.17, 15) is 18.4 Å². The smallest absolute Gasteiger partial charge is 0.305 e. The fourth-order valence-electron chi connectivity index (χ4n) is 2.33. The highest BCUT2D eigenvalue weighted by Crippen LogP contribution is 2.36. The van der Waals surface area contributed by atoms with Crippen LogP contribution in [0.3, 0.4) is 0 Å². The number of methoxy groups -OCH3 is 1. The van der Waals surface area contributed by atoms with Crippen molar-refractivity contribution in [2.45, 2.75) is 57.3 Å². The Morgan fingerprint density at radius 1 is 1.20 bits per heavy atom. The van der Waals surface area contributed by atoms with Crippen LogP contribution in [0.5, 0.6) is 0 Å². The lowest BCUT2D eigenvalue weighted by Gasteiger charge is -2.27. The summed E-state index contributed by atoms with van der Waals surface area (Å²) in [4.78, 5) is 22.6. The van der Waals surface area contributed by atoms with Gasteiger partial charge in [-0.05, 0) is 25.7 Å². The molecule has 1 fully saturated rings. The molecule has 116 valence electrons. The molecule has 0 bridgehead atoms. The third-order valence-corrected chi connectivity index (χ3v) is 3.67. The van der Waals surface area contributed by atoms with Crippen molar-refractivity contribution >= 4 is 11.9 Å². The number of esters is 1. The molecule has 0 heterocycles. The summed E-state index contributed by atoms with van der Waals surface area (Å²) in [6, 6.07) is 0. The lowest BCUT2D eigenvalue weighted by molar-refractivity contribution is -0.140. The van der Waals surface area contributed by atoms with Crippen LogP contribution in [0, 0.1) is 5.92 Å². The fraction of sp³-hybridized carbons (Fsp3) is 0.857. The molecule has 1 rings (SSSR count). The van der Waals surface area contributed by atoms with Gasteiger partial charge < -0.3 is 10.1 Å². The Bertz CT molecular complexity index is 324. The molecule has 1 amide bonds. The minimum Gasteiger partial charge on any atom is -0.469 e. The molecule has 0 aromatic heterocycles. The Labute approximate surface area is 118 Å². The third kappa shape index (κ3) is 6.30. The summed E-state index contributed by atoms with van der Waals surface area (Å²) in [6.07, 6.45) is 2.89. The Kier molecular flexibility index (Phi) is 6.88. The maximum atomic E-state index is 13.0. The lowest BCUT2D eigenvalue weighted by atomic mass is 9.86. The predicted octanol–water partition coefficient (Wildman–Crippen LogP) is 2.66. The van der Waals surface area contributed by atoms with Gasteiger partial charge >= 0.3 is 5.97 Å². The van der Waals surface area contributed by atoms with E-state index < -0.39 is 5.92 Å². The zero-order valence-electron chi connectivity index (χ0n) is 11.9. The van der Waals surface area contributed by atoms with Crippen LogP contribution in [0.2, 0.25) is 0 Å². The molecule has 0 aliphatic heterocycles. The van der Waals surface area contributed by atoms with Gasteiger partial charge in [-0.25, -0.2) is 8.78 Å². The Hall–Kier alpha value is -1.20. The monoisotopic (exact) mass is 291 g/mol. The van der Waals surface area contributed by atoms with Gasteiger partial charge in [0.2, 0.25) is 11.8 Å². The van der Waals surface area contributed by atoms with Crippen LogP contribution in [0.1, 0.15) is 51.4 Å². The minimum atomic E-state index is -2.59. The number of rotatable bonds is 7. The zero-order chi connectivity index (χ0) is 15.0. The fourth-order valence-corrected chi connectivity index (χ4v) is 2.33. The third-order valence-electron chi connectivity index (χ3n) is 3.67. The van der Waals surface area contributed by atoms with E-state index in [2.05, 4.69) is 10.1 Å². The van der Waals surface area contributed by atoms with E-state index in [-0.39, 0.29) is 43.5 Å². The molecule has 6 heteroatoms. The molecule has 0 atom stereocenters. The number of unbranched alkanes of at least 4 members (excludes halogenated alkanes) is 2. The first kappa shape index (κ1) is 16.9. The van der Waals surface area contributed by atoms with Gasteiger partial charge in [-0.15, -0.1) is 0 Å². The molecule has 1 N–H and O–H groups in total. The van der Waals surface area contributed by atoms with Crippen molar-refractivity contribution in [2.24, 2.45) is 5.92 Å². The van der Waals surface area contributed by atoms with Crippen LogP contribution < -0.4 is 5.32 Å². The molecule has 1 aliphatic carbocycles. The molecule has 0 aromatic carbocycles. The molecule has 1 saturated carbocycles. The normalized spacial score (nSPS) is 18.6. The van der Waals surface area contributed by atoms with E-state index in [0.717, 1.165) is 19.3 Å². The van der Waals surface area contributed by atoms with Crippen LogP contribution in [0.25, 0.3) is 0 Å². The standard InChI is InChI=1S/C14H23F2NO3/c1-20-12(18)5-3-2-4-10-17-13(19)11-6-8-14(15,16)9-7-11/h11H,2-10H2,1H3,(H,17,19). The molecule has 4 nitrogen and oxygen atoms in total. The average molecular weight is 291 g/mol. The van der Waals surface area contributed by atoms with Crippen molar-refractivity contribution in [3.8, 4) is 0 Å². The number of halogens is 2. The number of hydrogen-bond acceptors (Lipinski definition) is 3. The van der Waals surface area contributed by atoms with E-state index in [1.807, 2.05) is 0 Å². The highest BCUT2D eigenvalue weighted by Gasteiger charge is 2.37. The molecule has 0 radical (unpaired) electrons. The van der Waals surface area contributed by atoms with Crippen molar-refractivity contribution in [3.63, 3.8) is 0 Å². The number of carbonyl (C=O) groups is 2. The van der Waals surface area contributed by atoms with E-state index in [0.29, 0.717) is 13.0 Å². The van der Waals surface area contributed by atoms with Crippen LogP contribution in [-0.2, 0) is 14.3 Å². The average Bonchev–Trinajstić information content (AvgIpc) is 2.41. The molecule has 0 spiro atoms. The Balaban J connectivity index is 2.05. The summed E-state index contributed by atoms with van der Waals surface area (Å²) in [5.41, 5.74) is 0. The minimum absolute atomic E-state index is 0.117. The van der Waals surface area contributed by atoms with E-state index >= 15 is 0 Å². The van der Waals surface area contributed by atoms with Crippen LogP contribution >= 0.6 is 0 Å². The van der Waals surface area contributed by atoms with E-state index in [1.54, 1.807) is 0 Å². The summed E-state index contributed by atoms with van der Waals surface area (Å²) < 4.78 is 30.4. The van der Waals surface area contributed by atoms with Crippen molar-refractivity contribution < 1.29 is 23.1 Å². The lowest BCUT2D eigenvalue weighted by Crippen LogP contribution is -2.36. The summed E-state index contributed by atoms with van der Waals surface area (Å²) >= 11 is 0. The van der Waals surface area contributed by atoms with Gasteiger partial charge in [0.1, 0.15) is 0 Å². The van der Waals surface area contributed by atoms with Gasteiger partial charge in [-0.2, -0.15) is 0 Å². The van der Waals surface area contributed by atoms with Crippen LogP contribution in [-0.4, -0.2) is 31.5 Å². The SMILES string of the molecule is COC(=O)CCCCCNC(=O)C1CCC(F)(F)CC1. The maximum Gasteiger partial charge on any atom is 0.305 e. The molecule has 0 unspecified atom stereocenters. The number of amides is 1. The molecule has 0 aromatic rings. The summed E-state index contributed by atoms with van der Waals surface area (Å²) in [6.45, 7) is 0.535. The largest absolute Gasteiger partial charge is 0.469 e. The number of carbonyl (C=O) groups excluding carboxylic acids is 2. The topological polar surface area (TPSA) is 55.4 Å².